The van der Waals surface area contributed by atoms with Crippen LogP contribution in [0.3, 0.4) is 0 Å². The molecule has 1 aliphatic heterocycles. The lowest BCUT2D eigenvalue weighted by molar-refractivity contribution is 0.0683. The Morgan fingerprint density at radius 2 is 1.81 bits per heavy atom. The third-order valence-corrected chi connectivity index (χ3v) is 8.12. The summed E-state index contributed by atoms with van der Waals surface area (Å²) in [4.78, 5) is 12.8. The summed E-state index contributed by atoms with van der Waals surface area (Å²) in [5, 5.41) is 17.0. The van der Waals surface area contributed by atoms with Crippen molar-refractivity contribution in [2.24, 2.45) is 7.05 Å². The highest BCUT2D eigenvalue weighted by Gasteiger charge is 2.29. The number of nitrogens with zero attached hydrogens (tertiary/aromatic N) is 3. The van der Waals surface area contributed by atoms with Crippen LogP contribution in [-0.4, -0.2) is 38.6 Å². The minimum absolute atomic E-state index is 0.174. The number of carboxylic acid groups (broad SMARTS) is 1. The van der Waals surface area contributed by atoms with E-state index in [1.165, 1.54) is 12.1 Å². The molecule has 0 radical (unpaired) electrons. The van der Waals surface area contributed by atoms with Crippen molar-refractivity contribution >= 4 is 27.6 Å². The third-order valence-electron chi connectivity index (χ3n) is 8.12. The van der Waals surface area contributed by atoms with Gasteiger partial charge in [-0.15, -0.1) is 0 Å². The molecule has 42 heavy (non-hydrogen) atoms. The van der Waals surface area contributed by atoms with E-state index >= 15 is 4.39 Å². The van der Waals surface area contributed by atoms with Gasteiger partial charge in [-0.2, -0.15) is 5.10 Å². The summed E-state index contributed by atoms with van der Waals surface area (Å²) < 4.78 is 45.7. The zero-order valence-corrected chi connectivity index (χ0v) is 23.8. The number of ether oxygens (including phenoxy) is 2. The normalized spacial score (nSPS) is 13.7. The fraction of sp³-hybridized carbons (Fsp3) is 0.333. The van der Waals surface area contributed by atoms with Gasteiger partial charge in [0, 0.05) is 47.5 Å². The molecule has 0 aliphatic carbocycles. The van der Waals surface area contributed by atoms with Gasteiger partial charge in [-0.25, -0.2) is 13.6 Å². The molecule has 2 aromatic heterocycles. The Bertz CT molecular complexity index is 1810. The first-order valence-electron chi connectivity index (χ1n) is 14.4. The monoisotopic (exact) mass is 573 g/mol. The Morgan fingerprint density at radius 1 is 1.02 bits per heavy atom. The first-order chi connectivity index (χ1) is 20.4. The second-order valence-corrected chi connectivity index (χ2v) is 10.7. The maximum atomic E-state index is 15.9. The summed E-state index contributed by atoms with van der Waals surface area (Å²) in [5.41, 5.74) is 3.98. The Hall–Kier alpha value is -4.24. The molecule has 218 valence electrons. The number of halogens is 2. The lowest BCUT2D eigenvalue weighted by Crippen LogP contribution is -2.12. The molecule has 0 spiro atoms. The van der Waals surface area contributed by atoms with Crippen LogP contribution in [0.25, 0.3) is 32.8 Å². The van der Waals surface area contributed by atoms with E-state index in [-0.39, 0.29) is 11.5 Å². The summed E-state index contributed by atoms with van der Waals surface area (Å²) in [6.07, 6.45) is 2.96. The van der Waals surface area contributed by atoms with Crippen LogP contribution < -0.4 is 4.74 Å². The quantitative estimate of drug-likeness (QED) is 0.211. The van der Waals surface area contributed by atoms with Gasteiger partial charge in [-0.3, -0.25) is 4.68 Å². The Balaban J connectivity index is 1.43. The van der Waals surface area contributed by atoms with E-state index in [2.05, 4.69) is 5.10 Å². The molecule has 5 aromatic rings. The number of hydrogen-bond donors (Lipinski definition) is 1. The third kappa shape index (κ3) is 4.81. The van der Waals surface area contributed by atoms with Gasteiger partial charge in [0.25, 0.3) is 0 Å². The molecule has 9 heteroatoms. The SMILES string of the molecule is CCc1nn(C)c2c1-c1c(F)ccc3c(CCCOc4ccc(F)c5ccccc45)c(C(=O)O)n(c13)CCCCOC2. The van der Waals surface area contributed by atoms with Crippen LogP contribution in [-0.2, 0) is 37.8 Å². The minimum atomic E-state index is -1.05. The van der Waals surface area contributed by atoms with E-state index in [1.54, 1.807) is 33.5 Å². The molecule has 3 aromatic carbocycles. The minimum Gasteiger partial charge on any atom is -0.493 e. The Kier molecular flexibility index (Phi) is 7.68. The number of aromatic carboxylic acids is 1. The average Bonchev–Trinajstić information content (AvgIpc) is 3.46. The van der Waals surface area contributed by atoms with Crippen LogP contribution in [0.4, 0.5) is 8.78 Å². The fourth-order valence-corrected chi connectivity index (χ4v) is 6.21. The largest absolute Gasteiger partial charge is 0.493 e. The highest BCUT2D eigenvalue weighted by molar-refractivity contribution is 6.04. The van der Waals surface area contributed by atoms with Gasteiger partial charge in [0.05, 0.1) is 30.1 Å². The van der Waals surface area contributed by atoms with Crippen molar-refractivity contribution in [2.45, 2.75) is 52.2 Å². The van der Waals surface area contributed by atoms with Crippen LogP contribution in [0.15, 0.2) is 48.5 Å². The fourth-order valence-electron chi connectivity index (χ4n) is 6.21. The highest BCUT2D eigenvalue weighted by atomic mass is 19.1. The van der Waals surface area contributed by atoms with Gasteiger partial charge in [0.1, 0.15) is 23.1 Å². The van der Waals surface area contributed by atoms with Gasteiger partial charge in [-0.1, -0.05) is 31.2 Å². The van der Waals surface area contributed by atoms with Crippen molar-refractivity contribution in [3.8, 4) is 16.9 Å². The lowest BCUT2D eigenvalue weighted by atomic mass is 9.96. The van der Waals surface area contributed by atoms with Crippen molar-refractivity contribution < 1.29 is 28.2 Å². The van der Waals surface area contributed by atoms with Crippen LogP contribution in [0.1, 0.15) is 53.6 Å². The number of aromatic nitrogens is 3. The van der Waals surface area contributed by atoms with Crippen molar-refractivity contribution in [1.82, 2.24) is 14.3 Å². The van der Waals surface area contributed by atoms with Gasteiger partial charge in [0.15, 0.2) is 0 Å². The topological polar surface area (TPSA) is 78.5 Å². The van der Waals surface area contributed by atoms with Crippen molar-refractivity contribution in [1.29, 1.82) is 0 Å². The van der Waals surface area contributed by atoms with E-state index in [9.17, 15) is 14.3 Å². The maximum Gasteiger partial charge on any atom is 0.352 e. The average molecular weight is 574 g/mol. The molecule has 0 saturated carbocycles. The molecule has 0 atom stereocenters. The molecule has 0 saturated heterocycles. The van der Waals surface area contributed by atoms with Crippen molar-refractivity contribution in [2.75, 3.05) is 13.2 Å². The molecule has 1 N–H and O–H groups in total. The van der Waals surface area contributed by atoms with Crippen molar-refractivity contribution in [3.63, 3.8) is 0 Å². The number of aryl methyl sites for hydroxylation is 4. The number of carbonyl (C=O) groups is 1. The van der Waals surface area contributed by atoms with Crippen LogP contribution in [0.5, 0.6) is 5.75 Å². The maximum absolute atomic E-state index is 15.9. The van der Waals surface area contributed by atoms with Crippen molar-refractivity contribution in [3.05, 3.63) is 82.8 Å². The molecule has 0 unspecified atom stereocenters. The van der Waals surface area contributed by atoms with E-state index in [0.717, 1.165) is 17.8 Å². The van der Waals surface area contributed by atoms with Gasteiger partial charge in [-0.05, 0) is 61.9 Å². The van der Waals surface area contributed by atoms with Gasteiger partial charge < -0.3 is 19.1 Å². The summed E-state index contributed by atoms with van der Waals surface area (Å²) >= 11 is 0. The summed E-state index contributed by atoms with van der Waals surface area (Å²) in [7, 11) is 1.83. The van der Waals surface area contributed by atoms with E-state index < -0.39 is 11.8 Å². The van der Waals surface area contributed by atoms with Crippen LogP contribution >= 0.6 is 0 Å². The lowest BCUT2D eigenvalue weighted by Gasteiger charge is -2.13. The van der Waals surface area contributed by atoms with E-state index in [4.69, 9.17) is 9.47 Å². The Labute approximate surface area is 242 Å². The van der Waals surface area contributed by atoms with E-state index in [1.807, 2.05) is 26.1 Å². The predicted octanol–water partition coefficient (Wildman–Crippen LogP) is 7.06. The summed E-state index contributed by atoms with van der Waals surface area (Å²) in [6.45, 7) is 3.51. The number of rotatable bonds is 7. The molecule has 7 nitrogen and oxygen atoms in total. The predicted molar refractivity (Wildman–Crippen MR) is 157 cm³/mol. The van der Waals surface area contributed by atoms with Crippen LogP contribution in [0.2, 0.25) is 0 Å². The highest BCUT2D eigenvalue weighted by Crippen LogP contribution is 2.41. The Morgan fingerprint density at radius 3 is 2.60 bits per heavy atom. The molecule has 6 rings (SSSR count). The van der Waals surface area contributed by atoms with E-state index in [0.29, 0.717) is 96.2 Å². The molecule has 0 bridgehead atoms. The molecule has 3 heterocycles. The first-order valence-corrected chi connectivity index (χ1v) is 14.4. The molecular formula is C33H33F2N3O4. The standard InChI is InChI=1S/C33H33F2N3O4/c1-3-26-30-27(37(2)36-26)19-41-17-7-6-16-38-31-23(12-13-25(35)29(30)31)22(32(38)33(39)40)11-8-18-42-28-15-14-24(34)20-9-4-5-10-21(20)28/h4-5,9-10,12-15H,3,6-8,11,16-19H2,1-2H3,(H,39,40). The zero-order valence-electron chi connectivity index (χ0n) is 23.8. The number of hydrogen-bond acceptors (Lipinski definition) is 4. The van der Waals surface area contributed by atoms with Gasteiger partial charge in [0.2, 0.25) is 0 Å². The molecular weight excluding hydrogens is 540 g/mol. The van der Waals surface area contributed by atoms with Gasteiger partial charge >= 0.3 is 5.97 Å². The number of benzene rings is 3. The van der Waals surface area contributed by atoms with Crippen LogP contribution in [0, 0.1) is 11.6 Å². The number of carboxylic acids is 1. The molecule has 1 aliphatic rings. The molecule has 0 amide bonds. The summed E-state index contributed by atoms with van der Waals surface area (Å²) in [6, 6.07) is 13.3. The number of fused-ring (bicyclic) bond motifs is 3. The first kappa shape index (κ1) is 27.9. The smallest absolute Gasteiger partial charge is 0.352 e. The molecule has 0 fully saturated rings. The second kappa shape index (κ2) is 11.6. The second-order valence-electron chi connectivity index (χ2n) is 10.7. The summed E-state index contributed by atoms with van der Waals surface area (Å²) in [5.74, 6) is -1.20. The zero-order chi connectivity index (χ0) is 29.4.